The fraction of sp³-hybridized carbons (Fsp3) is 0.300. The van der Waals surface area contributed by atoms with Gasteiger partial charge in [0.25, 0.3) is 0 Å². The molecule has 11 heteroatoms. The highest BCUT2D eigenvalue weighted by atomic mass is 16.5. The number of carbonyl (C=O) groups is 1. The molecule has 1 aliphatic rings. The summed E-state index contributed by atoms with van der Waals surface area (Å²) in [6.07, 6.45) is 3.42. The molecule has 0 spiro atoms. The Morgan fingerprint density at radius 2 is 2.13 bits per heavy atom. The third-order valence-electron chi connectivity index (χ3n) is 4.90. The molecule has 4 rings (SSSR count). The quantitative estimate of drug-likeness (QED) is 0.475. The Morgan fingerprint density at radius 1 is 1.29 bits per heavy atom. The molecule has 3 aromatic heterocycles. The van der Waals surface area contributed by atoms with Crippen LogP contribution in [0.2, 0.25) is 0 Å². The van der Waals surface area contributed by atoms with Crippen LogP contribution in [0.1, 0.15) is 23.9 Å². The number of nitrogens with two attached hydrogens (primary N) is 1. The Morgan fingerprint density at radius 3 is 2.87 bits per heavy atom. The van der Waals surface area contributed by atoms with Gasteiger partial charge in [0.05, 0.1) is 25.6 Å². The lowest BCUT2D eigenvalue weighted by molar-refractivity contribution is -0.125. The van der Waals surface area contributed by atoms with Crippen molar-refractivity contribution in [1.29, 1.82) is 0 Å². The fourth-order valence-corrected chi connectivity index (χ4v) is 3.40. The van der Waals surface area contributed by atoms with Crippen molar-refractivity contribution in [2.24, 2.45) is 0 Å². The first kappa shape index (κ1) is 20.1. The fourth-order valence-electron chi connectivity index (χ4n) is 3.40. The number of fused-ring (bicyclic) bond motifs is 1. The van der Waals surface area contributed by atoms with Gasteiger partial charge in [-0.1, -0.05) is 6.58 Å². The Balaban J connectivity index is 1.75. The van der Waals surface area contributed by atoms with Crippen LogP contribution >= 0.6 is 0 Å². The van der Waals surface area contributed by atoms with Crippen LogP contribution in [0.4, 0.5) is 5.82 Å². The summed E-state index contributed by atoms with van der Waals surface area (Å²) in [6.45, 7) is 4.66. The molecule has 11 nitrogen and oxygen atoms in total. The first-order valence-corrected chi connectivity index (χ1v) is 9.43. The Kier molecular flexibility index (Phi) is 5.36. The van der Waals surface area contributed by atoms with Gasteiger partial charge >= 0.3 is 6.01 Å². The van der Waals surface area contributed by atoms with Gasteiger partial charge in [0.2, 0.25) is 11.8 Å². The Hall–Kier alpha value is -4.20. The number of methoxy groups -OCH3 is 2. The van der Waals surface area contributed by atoms with Crippen molar-refractivity contribution < 1.29 is 14.3 Å². The minimum Gasteiger partial charge on any atom is -0.481 e. The molecule has 0 aliphatic carbocycles. The van der Waals surface area contributed by atoms with Crippen LogP contribution in [0.25, 0.3) is 11.0 Å². The average Bonchev–Trinajstić information content (AvgIpc) is 3.42. The van der Waals surface area contributed by atoms with Crippen molar-refractivity contribution >= 4 is 22.8 Å². The van der Waals surface area contributed by atoms with E-state index in [1.54, 1.807) is 15.6 Å². The van der Waals surface area contributed by atoms with Gasteiger partial charge in [-0.3, -0.25) is 4.79 Å². The lowest BCUT2D eigenvalue weighted by Gasteiger charge is -2.14. The predicted molar refractivity (Wildman–Crippen MR) is 111 cm³/mol. The number of nitrogens with zero attached hydrogens (tertiary/aromatic N) is 7. The SMILES string of the molecule is C=CC(=O)N1CC[C@H](n2nc(C#Cc3cc(OC)nc(OC)n3)c3c(N)ncnc32)C1. The van der Waals surface area contributed by atoms with E-state index in [4.69, 9.17) is 15.2 Å². The third kappa shape index (κ3) is 3.83. The largest absolute Gasteiger partial charge is 0.481 e. The van der Waals surface area contributed by atoms with Gasteiger partial charge in [0.1, 0.15) is 23.5 Å². The van der Waals surface area contributed by atoms with Gasteiger partial charge in [0, 0.05) is 19.2 Å². The summed E-state index contributed by atoms with van der Waals surface area (Å²) in [5.74, 6) is 6.43. The predicted octanol–water partition coefficient (Wildman–Crippen LogP) is 0.575. The molecule has 1 atom stereocenters. The van der Waals surface area contributed by atoms with Crippen molar-refractivity contribution in [2.45, 2.75) is 12.5 Å². The zero-order chi connectivity index (χ0) is 22.0. The molecule has 1 aliphatic heterocycles. The molecule has 1 amide bonds. The molecular weight excluding hydrogens is 400 g/mol. The maximum Gasteiger partial charge on any atom is 0.320 e. The summed E-state index contributed by atoms with van der Waals surface area (Å²) < 4.78 is 12.0. The van der Waals surface area contributed by atoms with Crippen LogP contribution in [0.5, 0.6) is 11.9 Å². The third-order valence-corrected chi connectivity index (χ3v) is 4.90. The van der Waals surface area contributed by atoms with E-state index < -0.39 is 0 Å². The van der Waals surface area contributed by atoms with Crippen LogP contribution in [-0.4, -0.2) is 67.8 Å². The number of aromatic nitrogens is 6. The maximum absolute atomic E-state index is 12.0. The van der Waals surface area contributed by atoms with Crippen LogP contribution in [0.15, 0.2) is 25.0 Å². The number of carbonyl (C=O) groups excluding carboxylic acids is 1. The number of nitrogen functional groups attached to an aromatic ring is 1. The number of amides is 1. The second kappa shape index (κ2) is 8.27. The van der Waals surface area contributed by atoms with Crippen LogP contribution in [0.3, 0.4) is 0 Å². The number of anilines is 1. The molecule has 0 radical (unpaired) electrons. The summed E-state index contributed by atoms with van der Waals surface area (Å²) in [7, 11) is 2.95. The second-order valence-electron chi connectivity index (χ2n) is 6.71. The molecule has 0 bridgehead atoms. The number of ether oxygens (including phenoxy) is 2. The lowest BCUT2D eigenvalue weighted by Crippen LogP contribution is -2.27. The lowest BCUT2D eigenvalue weighted by atomic mass is 10.2. The molecule has 2 N–H and O–H groups in total. The smallest absolute Gasteiger partial charge is 0.320 e. The first-order chi connectivity index (χ1) is 15.0. The summed E-state index contributed by atoms with van der Waals surface area (Å²) in [4.78, 5) is 30.4. The molecule has 158 valence electrons. The van der Waals surface area contributed by atoms with E-state index in [2.05, 4.69) is 43.5 Å². The number of hydrogen-bond acceptors (Lipinski definition) is 9. The maximum atomic E-state index is 12.0. The van der Waals surface area contributed by atoms with Gasteiger partial charge in [-0.15, -0.1) is 0 Å². The van der Waals surface area contributed by atoms with Gasteiger partial charge in [-0.25, -0.2) is 14.6 Å². The number of hydrogen-bond donors (Lipinski definition) is 1. The Bertz CT molecular complexity index is 1200. The first-order valence-electron chi connectivity index (χ1n) is 9.43. The van der Waals surface area contributed by atoms with Crippen molar-refractivity contribution in [3.8, 4) is 23.7 Å². The van der Waals surface area contributed by atoms with E-state index >= 15 is 0 Å². The average molecular weight is 420 g/mol. The molecule has 0 unspecified atom stereocenters. The van der Waals surface area contributed by atoms with Crippen LogP contribution in [0, 0.1) is 11.8 Å². The van der Waals surface area contributed by atoms with Crippen molar-refractivity contribution in [3.63, 3.8) is 0 Å². The highest BCUT2D eigenvalue weighted by Gasteiger charge is 2.29. The molecule has 1 fully saturated rings. The summed E-state index contributed by atoms with van der Waals surface area (Å²) in [5, 5.41) is 5.20. The summed E-state index contributed by atoms with van der Waals surface area (Å²) in [5.41, 5.74) is 7.48. The molecule has 0 saturated carbocycles. The van der Waals surface area contributed by atoms with Gasteiger partial charge in [0.15, 0.2) is 5.65 Å². The second-order valence-corrected chi connectivity index (χ2v) is 6.71. The van der Waals surface area contributed by atoms with Crippen LogP contribution in [-0.2, 0) is 4.79 Å². The molecule has 3 aromatic rings. The van der Waals surface area contributed by atoms with E-state index in [1.165, 1.54) is 26.6 Å². The number of rotatable bonds is 4. The zero-order valence-corrected chi connectivity index (χ0v) is 17.1. The van der Waals surface area contributed by atoms with Crippen molar-refractivity contribution in [1.82, 2.24) is 34.6 Å². The summed E-state index contributed by atoms with van der Waals surface area (Å²) in [6, 6.07) is 1.67. The standard InChI is InChI=1S/C20H20N8O3/c1-4-16(29)27-8-7-13(10-27)28-19-17(18(21)22-11-23-19)14(26-28)6-5-12-9-15(30-2)25-20(24-12)31-3/h4,9,11,13H,1,7-8,10H2,2-3H3,(H2,21,22,23)/t13-/m0/s1. The van der Waals surface area contributed by atoms with E-state index in [9.17, 15) is 4.79 Å². The topological polar surface area (TPSA) is 134 Å². The summed E-state index contributed by atoms with van der Waals surface area (Å²) >= 11 is 0. The molecular formula is C20H20N8O3. The molecule has 0 aromatic carbocycles. The minimum atomic E-state index is -0.111. The molecule has 4 heterocycles. The van der Waals surface area contributed by atoms with Gasteiger partial charge in [-0.2, -0.15) is 15.1 Å². The molecule has 1 saturated heterocycles. The van der Waals surface area contributed by atoms with E-state index in [0.29, 0.717) is 41.4 Å². The van der Waals surface area contributed by atoms with Crippen molar-refractivity contribution in [3.05, 3.63) is 36.4 Å². The van der Waals surface area contributed by atoms with E-state index in [1.807, 2.05) is 0 Å². The van der Waals surface area contributed by atoms with Gasteiger partial charge in [-0.05, 0) is 24.3 Å². The van der Waals surface area contributed by atoms with Crippen LogP contribution < -0.4 is 15.2 Å². The normalized spacial score (nSPS) is 15.4. The van der Waals surface area contributed by atoms with E-state index in [-0.39, 0.29) is 23.8 Å². The highest BCUT2D eigenvalue weighted by Crippen LogP contribution is 2.28. The molecule has 31 heavy (non-hydrogen) atoms. The van der Waals surface area contributed by atoms with Crippen molar-refractivity contribution in [2.75, 3.05) is 33.0 Å². The minimum absolute atomic E-state index is 0.0597. The zero-order valence-electron chi connectivity index (χ0n) is 17.1. The number of likely N-dealkylation sites (tertiary alicyclic amines) is 1. The monoisotopic (exact) mass is 420 g/mol. The Labute approximate surface area is 177 Å². The van der Waals surface area contributed by atoms with Gasteiger partial charge < -0.3 is 20.1 Å². The van der Waals surface area contributed by atoms with E-state index in [0.717, 1.165) is 6.42 Å². The highest BCUT2D eigenvalue weighted by molar-refractivity contribution is 5.91.